The molecule has 6 nitrogen and oxygen atoms in total. The first kappa shape index (κ1) is 18.2. The average Bonchev–Trinajstić information content (AvgIpc) is 2.61. The predicted molar refractivity (Wildman–Crippen MR) is 94.7 cm³/mol. The van der Waals surface area contributed by atoms with Gasteiger partial charge in [0.25, 0.3) is 5.91 Å². The Bertz CT molecular complexity index is 725. The topological polar surface area (TPSA) is 77.0 Å². The maximum atomic E-state index is 11.8. The minimum atomic E-state index is -0.413. The van der Waals surface area contributed by atoms with Crippen molar-refractivity contribution in [2.75, 3.05) is 6.61 Å². The zero-order chi connectivity index (χ0) is 18.1. The first-order valence-corrected chi connectivity index (χ1v) is 7.85. The van der Waals surface area contributed by atoms with Crippen LogP contribution < -0.4 is 10.2 Å². The summed E-state index contributed by atoms with van der Waals surface area (Å²) in [6, 6.07) is 15.8. The standard InChI is InChI=1S/C19H20N2O4/c1-14(2)25-18(22)13-24-17-10-8-15(9-11-17)12-20-21-19(23)16-6-4-3-5-7-16/h3-12,14H,13H2,1-2H3,(H,21,23)/b20-12-. The molecule has 0 aliphatic carbocycles. The summed E-state index contributed by atoms with van der Waals surface area (Å²) < 4.78 is 10.3. The molecule has 0 aromatic heterocycles. The Labute approximate surface area is 146 Å². The van der Waals surface area contributed by atoms with Crippen LogP contribution in [-0.2, 0) is 9.53 Å². The Kier molecular flexibility index (Phi) is 6.71. The summed E-state index contributed by atoms with van der Waals surface area (Å²) in [6.45, 7) is 3.42. The van der Waals surface area contributed by atoms with Gasteiger partial charge in [-0.3, -0.25) is 4.79 Å². The number of nitrogens with one attached hydrogen (secondary N) is 1. The molecule has 0 aliphatic rings. The second-order valence-electron chi connectivity index (χ2n) is 5.46. The van der Waals surface area contributed by atoms with Gasteiger partial charge in [-0.25, -0.2) is 10.2 Å². The van der Waals surface area contributed by atoms with E-state index in [0.717, 1.165) is 5.56 Å². The first-order valence-electron chi connectivity index (χ1n) is 7.85. The quantitative estimate of drug-likeness (QED) is 0.478. The summed E-state index contributed by atoms with van der Waals surface area (Å²) in [5.41, 5.74) is 3.78. The number of hydrogen-bond donors (Lipinski definition) is 1. The summed E-state index contributed by atoms with van der Waals surface area (Å²) >= 11 is 0. The number of benzene rings is 2. The number of esters is 1. The third-order valence-electron chi connectivity index (χ3n) is 3.02. The van der Waals surface area contributed by atoms with E-state index in [1.807, 2.05) is 6.07 Å². The lowest BCUT2D eigenvalue weighted by Crippen LogP contribution is -2.18. The van der Waals surface area contributed by atoms with Gasteiger partial charge in [0.15, 0.2) is 6.61 Å². The summed E-state index contributed by atoms with van der Waals surface area (Å²) in [7, 11) is 0. The van der Waals surface area contributed by atoms with Crippen LogP contribution in [0, 0.1) is 0 Å². The highest BCUT2D eigenvalue weighted by atomic mass is 16.6. The van der Waals surface area contributed by atoms with Crippen molar-refractivity contribution in [1.29, 1.82) is 0 Å². The van der Waals surface area contributed by atoms with Crippen LogP contribution in [0.25, 0.3) is 0 Å². The van der Waals surface area contributed by atoms with E-state index in [1.165, 1.54) is 6.21 Å². The average molecular weight is 340 g/mol. The molecule has 0 saturated heterocycles. The molecule has 0 atom stereocenters. The van der Waals surface area contributed by atoms with Crippen LogP contribution >= 0.6 is 0 Å². The zero-order valence-corrected chi connectivity index (χ0v) is 14.1. The number of ether oxygens (including phenoxy) is 2. The SMILES string of the molecule is CC(C)OC(=O)COc1ccc(/C=N\NC(=O)c2ccccc2)cc1. The number of hydrogen-bond acceptors (Lipinski definition) is 5. The van der Waals surface area contributed by atoms with E-state index < -0.39 is 5.97 Å². The molecule has 2 rings (SSSR count). The van der Waals surface area contributed by atoms with E-state index in [1.54, 1.807) is 62.4 Å². The van der Waals surface area contributed by atoms with Gasteiger partial charge in [0.1, 0.15) is 5.75 Å². The van der Waals surface area contributed by atoms with Crippen molar-refractivity contribution in [2.24, 2.45) is 5.10 Å². The van der Waals surface area contributed by atoms with Crippen LogP contribution in [0.3, 0.4) is 0 Å². The van der Waals surface area contributed by atoms with Gasteiger partial charge in [-0.2, -0.15) is 5.10 Å². The van der Waals surface area contributed by atoms with Crippen molar-refractivity contribution >= 4 is 18.1 Å². The van der Waals surface area contributed by atoms with E-state index in [2.05, 4.69) is 10.5 Å². The summed E-state index contributed by atoms with van der Waals surface area (Å²) in [5, 5.41) is 3.91. The summed E-state index contributed by atoms with van der Waals surface area (Å²) in [5.74, 6) is -0.143. The molecule has 1 N–H and O–H groups in total. The van der Waals surface area contributed by atoms with Gasteiger partial charge in [0, 0.05) is 5.56 Å². The highest BCUT2D eigenvalue weighted by Crippen LogP contribution is 2.11. The molecule has 0 saturated carbocycles. The molecule has 0 spiro atoms. The van der Waals surface area contributed by atoms with Crippen LogP contribution in [0.5, 0.6) is 5.75 Å². The van der Waals surface area contributed by atoms with Crippen LogP contribution in [0.4, 0.5) is 0 Å². The highest BCUT2D eigenvalue weighted by molar-refractivity contribution is 5.94. The number of nitrogens with zero attached hydrogens (tertiary/aromatic N) is 1. The lowest BCUT2D eigenvalue weighted by atomic mass is 10.2. The fraction of sp³-hybridized carbons (Fsp3) is 0.211. The van der Waals surface area contributed by atoms with Crippen molar-refractivity contribution in [3.63, 3.8) is 0 Å². The van der Waals surface area contributed by atoms with E-state index >= 15 is 0 Å². The lowest BCUT2D eigenvalue weighted by molar-refractivity contribution is -0.149. The Morgan fingerprint density at radius 3 is 2.40 bits per heavy atom. The number of rotatable bonds is 7. The first-order chi connectivity index (χ1) is 12.0. The maximum absolute atomic E-state index is 11.8. The van der Waals surface area contributed by atoms with Crippen molar-refractivity contribution in [3.8, 4) is 5.75 Å². The molecule has 2 aromatic carbocycles. The summed E-state index contributed by atoms with van der Waals surface area (Å²) in [6.07, 6.45) is 1.36. The minimum absolute atomic E-state index is 0.140. The second-order valence-corrected chi connectivity index (χ2v) is 5.46. The van der Waals surface area contributed by atoms with Crippen molar-refractivity contribution in [1.82, 2.24) is 5.43 Å². The van der Waals surface area contributed by atoms with E-state index in [0.29, 0.717) is 11.3 Å². The molecule has 0 heterocycles. The molecule has 0 bridgehead atoms. The van der Waals surface area contributed by atoms with Gasteiger partial charge in [-0.15, -0.1) is 0 Å². The smallest absolute Gasteiger partial charge is 0.344 e. The van der Waals surface area contributed by atoms with E-state index in [-0.39, 0.29) is 18.6 Å². The molecule has 25 heavy (non-hydrogen) atoms. The van der Waals surface area contributed by atoms with E-state index in [9.17, 15) is 9.59 Å². The molecule has 6 heteroatoms. The molecule has 130 valence electrons. The monoisotopic (exact) mass is 340 g/mol. The summed E-state index contributed by atoms with van der Waals surface area (Å²) in [4.78, 5) is 23.2. The van der Waals surface area contributed by atoms with Crippen molar-refractivity contribution in [3.05, 3.63) is 65.7 Å². The molecule has 0 aliphatic heterocycles. The Balaban J connectivity index is 1.81. The lowest BCUT2D eigenvalue weighted by Gasteiger charge is -2.09. The minimum Gasteiger partial charge on any atom is -0.482 e. The zero-order valence-electron chi connectivity index (χ0n) is 14.1. The number of amides is 1. The molecular formula is C19H20N2O4. The van der Waals surface area contributed by atoms with Crippen molar-refractivity contribution in [2.45, 2.75) is 20.0 Å². The maximum Gasteiger partial charge on any atom is 0.344 e. The molecule has 2 aromatic rings. The van der Waals surface area contributed by atoms with Crippen LogP contribution in [0.1, 0.15) is 29.8 Å². The number of carbonyl (C=O) groups excluding carboxylic acids is 2. The number of carbonyl (C=O) groups is 2. The van der Waals surface area contributed by atoms with Crippen molar-refractivity contribution < 1.29 is 19.1 Å². The third kappa shape index (κ3) is 6.47. The Morgan fingerprint density at radius 2 is 1.76 bits per heavy atom. The normalized spacial score (nSPS) is 10.7. The van der Waals surface area contributed by atoms with Gasteiger partial charge in [0.05, 0.1) is 12.3 Å². The van der Waals surface area contributed by atoms with Gasteiger partial charge in [-0.1, -0.05) is 18.2 Å². The fourth-order valence-electron chi connectivity index (χ4n) is 1.91. The fourth-order valence-corrected chi connectivity index (χ4v) is 1.91. The molecule has 0 unspecified atom stereocenters. The Hall–Kier alpha value is -3.15. The van der Waals surface area contributed by atoms with Gasteiger partial charge >= 0.3 is 5.97 Å². The van der Waals surface area contributed by atoms with Crippen LogP contribution in [0.2, 0.25) is 0 Å². The second kappa shape index (κ2) is 9.22. The largest absolute Gasteiger partial charge is 0.482 e. The van der Waals surface area contributed by atoms with Crippen LogP contribution in [-0.4, -0.2) is 30.8 Å². The molecule has 1 amide bonds. The number of hydrazone groups is 1. The predicted octanol–water partition coefficient (Wildman–Crippen LogP) is 2.78. The van der Waals surface area contributed by atoms with Crippen LogP contribution in [0.15, 0.2) is 59.7 Å². The van der Waals surface area contributed by atoms with Gasteiger partial charge in [-0.05, 0) is 55.8 Å². The van der Waals surface area contributed by atoms with Gasteiger partial charge in [0.2, 0.25) is 0 Å². The third-order valence-corrected chi connectivity index (χ3v) is 3.02. The van der Waals surface area contributed by atoms with Gasteiger partial charge < -0.3 is 9.47 Å². The van der Waals surface area contributed by atoms with E-state index in [4.69, 9.17) is 9.47 Å². The molecule has 0 radical (unpaired) electrons. The molecule has 0 fully saturated rings. The highest BCUT2D eigenvalue weighted by Gasteiger charge is 2.06. The molecular weight excluding hydrogens is 320 g/mol. The Morgan fingerprint density at radius 1 is 1.08 bits per heavy atom.